The molecule has 0 aliphatic heterocycles. The van der Waals surface area contributed by atoms with Gasteiger partial charge in [0.25, 0.3) is 0 Å². The second-order valence-electron chi connectivity index (χ2n) is 3.77. The minimum Gasteiger partial charge on any atom is -0.392 e. The van der Waals surface area contributed by atoms with E-state index in [2.05, 4.69) is 15.9 Å². The normalized spacial score (nSPS) is 15.6. The van der Waals surface area contributed by atoms with Gasteiger partial charge in [0, 0.05) is 4.48 Å². The van der Waals surface area contributed by atoms with Crippen molar-refractivity contribution in [2.75, 3.05) is 13.2 Å². The summed E-state index contributed by atoms with van der Waals surface area (Å²) in [7, 11) is 0. The average Bonchev–Trinajstić information content (AvgIpc) is 2.46. The summed E-state index contributed by atoms with van der Waals surface area (Å²) in [5.41, 5.74) is 4.02. The zero-order valence-electron chi connectivity index (χ0n) is 8.78. The zero-order valence-corrected chi connectivity index (χ0v) is 10.4. The molecule has 1 aliphatic carbocycles. The molecule has 2 N–H and O–H groups in total. The van der Waals surface area contributed by atoms with Crippen LogP contribution in [0.3, 0.4) is 0 Å². The Morgan fingerprint density at radius 2 is 1.88 bits per heavy atom. The highest BCUT2D eigenvalue weighted by Crippen LogP contribution is 2.30. The van der Waals surface area contributed by atoms with Gasteiger partial charge >= 0.3 is 0 Å². The molecule has 0 aromatic heterocycles. The molecule has 2 rings (SSSR count). The van der Waals surface area contributed by atoms with Gasteiger partial charge in [0.05, 0.1) is 13.2 Å². The number of benzene rings is 1. The van der Waals surface area contributed by atoms with Gasteiger partial charge in [-0.25, -0.2) is 0 Å². The van der Waals surface area contributed by atoms with Crippen LogP contribution in [0, 0.1) is 0 Å². The van der Waals surface area contributed by atoms with E-state index in [-0.39, 0.29) is 13.2 Å². The molecule has 0 unspecified atom stereocenters. The Kier molecular flexibility index (Phi) is 3.59. The first-order valence-corrected chi connectivity index (χ1v) is 5.93. The number of hydrogen-bond acceptors (Lipinski definition) is 2. The van der Waals surface area contributed by atoms with Crippen molar-refractivity contribution in [2.24, 2.45) is 0 Å². The van der Waals surface area contributed by atoms with Gasteiger partial charge in [0.2, 0.25) is 0 Å². The van der Waals surface area contributed by atoms with Gasteiger partial charge in [0.15, 0.2) is 0 Å². The molecule has 1 aliphatic rings. The number of fused-ring (bicyclic) bond motifs is 1. The van der Waals surface area contributed by atoms with Crippen LogP contribution in [-0.4, -0.2) is 23.4 Å². The molecular weight excluding hydrogens is 268 g/mol. The van der Waals surface area contributed by atoms with Gasteiger partial charge in [0.1, 0.15) is 0 Å². The lowest BCUT2D eigenvalue weighted by Crippen LogP contribution is -1.98. The van der Waals surface area contributed by atoms with Crippen LogP contribution in [0.1, 0.15) is 11.1 Å². The number of hydrogen-bond donors (Lipinski definition) is 2. The Morgan fingerprint density at radius 1 is 1.12 bits per heavy atom. The highest BCUT2D eigenvalue weighted by molar-refractivity contribution is 9.11. The van der Waals surface area contributed by atoms with Crippen molar-refractivity contribution in [1.82, 2.24) is 0 Å². The van der Waals surface area contributed by atoms with E-state index < -0.39 is 0 Å². The number of aliphatic hydroxyl groups excluding tert-OH is 2. The zero-order chi connectivity index (χ0) is 11.5. The molecule has 0 saturated carbocycles. The quantitative estimate of drug-likeness (QED) is 0.873. The molecule has 2 nitrogen and oxygen atoms in total. The Labute approximate surface area is 103 Å². The van der Waals surface area contributed by atoms with Crippen molar-refractivity contribution >= 4 is 21.5 Å². The maximum atomic E-state index is 9.37. The van der Waals surface area contributed by atoms with Gasteiger partial charge < -0.3 is 10.2 Å². The Balaban J connectivity index is 2.57. The standard InChI is InChI=1S/C13H13BrO2/c14-13-6-10(7-15)12-4-2-1-3-9(12)5-11(13)8-16/h1-4,6,15-16H,5,7-8H2. The lowest BCUT2D eigenvalue weighted by atomic mass is 9.98. The highest BCUT2D eigenvalue weighted by Gasteiger charge is 2.14. The van der Waals surface area contributed by atoms with Crippen molar-refractivity contribution in [3.05, 3.63) is 51.5 Å². The third kappa shape index (κ3) is 2.12. The minimum atomic E-state index is 0.00478. The number of allylic oxidation sites excluding steroid dienone is 2. The third-order valence-corrected chi connectivity index (χ3v) is 3.56. The first kappa shape index (κ1) is 11.6. The summed E-state index contributed by atoms with van der Waals surface area (Å²) in [6.07, 6.45) is 2.60. The van der Waals surface area contributed by atoms with Gasteiger partial charge in [-0.15, -0.1) is 0 Å². The van der Waals surface area contributed by atoms with Crippen molar-refractivity contribution < 1.29 is 10.2 Å². The van der Waals surface area contributed by atoms with E-state index in [0.29, 0.717) is 6.42 Å². The minimum absolute atomic E-state index is 0.00478. The molecule has 0 spiro atoms. The summed E-state index contributed by atoms with van der Waals surface area (Å²) in [6.45, 7) is 0.0367. The SMILES string of the molecule is OCC1=CC(Br)=C(CO)Cc2ccccc21. The van der Waals surface area contributed by atoms with Crippen molar-refractivity contribution in [3.8, 4) is 0 Å². The van der Waals surface area contributed by atoms with Crippen LogP contribution < -0.4 is 0 Å². The van der Waals surface area contributed by atoms with Crippen molar-refractivity contribution in [3.63, 3.8) is 0 Å². The van der Waals surface area contributed by atoms with Gasteiger partial charge in [-0.1, -0.05) is 40.2 Å². The van der Waals surface area contributed by atoms with Crippen LogP contribution in [0.2, 0.25) is 0 Å². The van der Waals surface area contributed by atoms with E-state index in [9.17, 15) is 10.2 Å². The van der Waals surface area contributed by atoms with Crippen LogP contribution in [0.4, 0.5) is 0 Å². The summed E-state index contributed by atoms with van der Waals surface area (Å²) >= 11 is 3.44. The van der Waals surface area contributed by atoms with E-state index in [1.807, 2.05) is 30.3 Å². The van der Waals surface area contributed by atoms with Crippen LogP contribution in [0.15, 0.2) is 40.4 Å². The molecule has 0 saturated heterocycles. The third-order valence-electron chi connectivity index (χ3n) is 2.77. The second-order valence-corrected chi connectivity index (χ2v) is 4.63. The Hall–Kier alpha value is -0.900. The van der Waals surface area contributed by atoms with Crippen molar-refractivity contribution in [1.29, 1.82) is 0 Å². The lowest BCUT2D eigenvalue weighted by Gasteiger charge is -2.08. The van der Waals surface area contributed by atoms with Crippen LogP contribution >= 0.6 is 15.9 Å². The van der Waals surface area contributed by atoms with Crippen LogP contribution in [0.5, 0.6) is 0 Å². The monoisotopic (exact) mass is 280 g/mol. The molecule has 84 valence electrons. The topological polar surface area (TPSA) is 40.5 Å². The molecule has 1 aromatic carbocycles. The molecule has 3 heteroatoms. The smallest absolute Gasteiger partial charge is 0.0688 e. The number of rotatable bonds is 2. The second kappa shape index (κ2) is 4.95. The van der Waals surface area contributed by atoms with Crippen LogP contribution in [-0.2, 0) is 6.42 Å². The molecule has 0 fully saturated rings. The Morgan fingerprint density at radius 3 is 2.56 bits per heavy atom. The molecule has 0 atom stereocenters. The maximum absolute atomic E-state index is 9.37. The first-order valence-electron chi connectivity index (χ1n) is 5.14. The number of aliphatic hydroxyl groups is 2. The molecule has 16 heavy (non-hydrogen) atoms. The van der Waals surface area contributed by atoms with E-state index in [4.69, 9.17) is 0 Å². The maximum Gasteiger partial charge on any atom is 0.0688 e. The van der Waals surface area contributed by atoms with E-state index in [1.165, 1.54) is 0 Å². The molecule has 0 heterocycles. The molecule has 0 bridgehead atoms. The summed E-state index contributed by atoms with van der Waals surface area (Å²) < 4.78 is 0.871. The lowest BCUT2D eigenvalue weighted by molar-refractivity contribution is 0.328. The van der Waals surface area contributed by atoms with Gasteiger partial charge in [-0.05, 0) is 34.8 Å². The summed E-state index contributed by atoms with van der Waals surface area (Å²) in [5.74, 6) is 0. The summed E-state index contributed by atoms with van der Waals surface area (Å²) in [5, 5.41) is 18.7. The van der Waals surface area contributed by atoms with E-state index >= 15 is 0 Å². The van der Waals surface area contributed by atoms with Crippen LogP contribution in [0.25, 0.3) is 5.57 Å². The fourth-order valence-electron chi connectivity index (χ4n) is 1.90. The Bertz CT molecular complexity index is 461. The molecule has 1 aromatic rings. The largest absolute Gasteiger partial charge is 0.392 e. The van der Waals surface area contributed by atoms with Crippen molar-refractivity contribution in [2.45, 2.75) is 6.42 Å². The molecule has 0 amide bonds. The summed E-state index contributed by atoms with van der Waals surface area (Å²) in [4.78, 5) is 0. The molecule has 0 radical (unpaired) electrons. The fraction of sp³-hybridized carbons (Fsp3) is 0.231. The van der Waals surface area contributed by atoms with Gasteiger partial charge in [-0.2, -0.15) is 0 Å². The van der Waals surface area contributed by atoms with Gasteiger partial charge in [-0.3, -0.25) is 0 Å². The average molecular weight is 281 g/mol. The van der Waals surface area contributed by atoms with E-state index in [1.54, 1.807) is 0 Å². The van der Waals surface area contributed by atoms with E-state index in [0.717, 1.165) is 26.8 Å². The predicted octanol–water partition coefficient (Wildman–Crippen LogP) is 2.26. The highest BCUT2D eigenvalue weighted by atomic mass is 79.9. The number of halogens is 1. The predicted molar refractivity (Wildman–Crippen MR) is 68.2 cm³/mol. The summed E-state index contributed by atoms with van der Waals surface area (Å²) in [6, 6.07) is 7.96. The molecular formula is C13H13BrO2. The fourth-order valence-corrected chi connectivity index (χ4v) is 2.44. The first-order chi connectivity index (χ1) is 7.76.